The highest BCUT2D eigenvalue weighted by Crippen LogP contribution is 2.67. The number of hydrogen-bond donors (Lipinski definition) is 1. The SMILES string of the molecule is CCC1(O)CC2N(C=O)C3CCC32C1. The number of carbonyl (C=O) groups is 1. The van der Waals surface area contributed by atoms with Crippen molar-refractivity contribution in [3.05, 3.63) is 0 Å². The molecule has 78 valence electrons. The van der Waals surface area contributed by atoms with Gasteiger partial charge in [-0.1, -0.05) is 6.92 Å². The first-order valence-corrected chi connectivity index (χ1v) is 5.60. The summed E-state index contributed by atoms with van der Waals surface area (Å²) in [6, 6.07) is 0.814. The predicted molar refractivity (Wildman–Crippen MR) is 51.6 cm³/mol. The standard InChI is InChI=1S/C11H17NO2/c1-2-10(14)5-9-11(6-10)4-3-8(11)12(9)7-13/h7-9,14H,2-6H2,1H3. The number of piperidine rings is 1. The van der Waals surface area contributed by atoms with Crippen LogP contribution in [0.1, 0.15) is 39.0 Å². The van der Waals surface area contributed by atoms with Crippen molar-refractivity contribution in [1.82, 2.24) is 4.90 Å². The van der Waals surface area contributed by atoms with Gasteiger partial charge in [-0.05, 0) is 32.1 Å². The van der Waals surface area contributed by atoms with Crippen molar-refractivity contribution < 1.29 is 9.90 Å². The number of amides is 1. The normalized spacial score (nSPS) is 54.3. The van der Waals surface area contributed by atoms with Crippen LogP contribution in [0.4, 0.5) is 0 Å². The van der Waals surface area contributed by atoms with Gasteiger partial charge in [0.1, 0.15) is 0 Å². The van der Waals surface area contributed by atoms with Gasteiger partial charge in [0.25, 0.3) is 0 Å². The highest BCUT2D eigenvalue weighted by molar-refractivity contribution is 5.54. The maximum Gasteiger partial charge on any atom is 0.210 e. The molecule has 3 fully saturated rings. The summed E-state index contributed by atoms with van der Waals surface area (Å²) in [6.45, 7) is 2.04. The Balaban J connectivity index is 1.87. The van der Waals surface area contributed by atoms with E-state index in [1.54, 1.807) is 0 Å². The number of rotatable bonds is 2. The third-order valence-corrected chi connectivity index (χ3v) is 4.94. The Morgan fingerprint density at radius 2 is 2.36 bits per heavy atom. The van der Waals surface area contributed by atoms with Gasteiger partial charge in [0.15, 0.2) is 0 Å². The summed E-state index contributed by atoms with van der Waals surface area (Å²) < 4.78 is 0. The van der Waals surface area contributed by atoms with E-state index in [4.69, 9.17) is 0 Å². The van der Waals surface area contributed by atoms with Crippen molar-refractivity contribution in [2.45, 2.75) is 56.7 Å². The van der Waals surface area contributed by atoms with Gasteiger partial charge < -0.3 is 10.0 Å². The molecule has 1 amide bonds. The lowest BCUT2D eigenvalue weighted by Gasteiger charge is -2.67. The van der Waals surface area contributed by atoms with Crippen LogP contribution in [0.3, 0.4) is 0 Å². The van der Waals surface area contributed by atoms with Gasteiger partial charge in [0.05, 0.1) is 5.60 Å². The maximum atomic E-state index is 10.9. The monoisotopic (exact) mass is 195 g/mol. The number of likely N-dealkylation sites (tertiary alicyclic amines) is 1. The summed E-state index contributed by atoms with van der Waals surface area (Å²) in [5.41, 5.74) is -0.160. The molecule has 0 aromatic heterocycles. The van der Waals surface area contributed by atoms with Crippen molar-refractivity contribution >= 4 is 6.41 Å². The lowest BCUT2D eigenvalue weighted by molar-refractivity contribution is -0.188. The molecule has 14 heavy (non-hydrogen) atoms. The quantitative estimate of drug-likeness (QED) is 0.665. The van der Waals surface area contributed by atoms with E-state index >= 15 is 0 Å². The zero-order valence-electron chi connectivity index (χ0n) is 8.57. The van der Waals surface area contributed by atoms with Gasteiger partial charge in [0.2, 0.25) is 6.41 Å². The zero-order chi connectivity index (χ0) is 9.97. The van der Waals surface area contributed by atoms with Crippen molar-refractivity contribution in [3.63, 3.8) is 0 Å². The van der Waals surface area contributed by atoms with Crippen LogP contribution in [0, 0.1) is 5.41 Å². The first-order chi connectivity index (χ1) is 6.65. The molecule has 3 rings (SSSR count). The van der Waals surface area contributed by atoms with Gasteiger partial charge in [-0.3, -0.25) is 4.79 Å². The molecule has 1 spiro atoms. The summed E-state index contributed by atoms with van der Waals surface area (Å²) >= 11 is 0. The summed E-state index contributed by atoms with van der Waals surface area (Å²) in [5, 5.41) is 10.3. The predicted octanol–water partition coefficient (Wildman–Crippen LogP) is 0.911. The van der Waals surface area contributed by atoms with Crippen LogP contribution in [0.25, 0.3) is 0 Å². The Morgan fingerprint density at radius 1 is 1.57 bits per heavy atom. The number of carbonyl (C=O) groups excluding carboxylic acids is 1. The van der Waals surface area contributed by atoms with Crippen LogP contribution in [0.15, 0.2) is 0 Å². The minimum Gasteiger partial charge on any atom is -0.390 e. The van der Waals surface area contributed by atoms with E-state index in [-0.39, 0.29) is 0 Å². The highest BCUT2D eigenvalue weighted by atomic mass is 16.3. The molecule has 0 bridgehead atoms. The van der Waals surface area contributed by atoms with Gasteiger partial charge in [-0.15, -0.1) is 0 Å². The second-order valence-electron chi connectivity index (χ2n) is 5.31. The fourth-order valence-corrected chi connectivity index (χ4v) is 4.00. The molecule has 1 heterocycles. The van der Waals surface area contributed by atoms with Gasteiger partial charge in [-0.25, -0.2) is 0 Å². The molecule has 4 unspecified atom stereocenters. The summed E-state index contributed by atoms with van der Waals surface area (Å²) in [4.78, 5) is 12.8. The summed E-state index contributed by atoms with van der Waals surface area (Å²) in [5.74, 6) is 0. The van der Waals surface area contributed by atoms with Crippen LogP contribution < -0.4 is 0 Å². The van der Waals surface area contributed by atoms with E-state index in [0.717, 1.165) is 32.1 Å². The second-order valence-corrected chi connectivity index (χ2v) is 5.31. The van der Waals surface area contributed by atoms with Crippen LogP contribution >= 0.6 is 0 Å². The minimum atomic E-state index is -0.485. The molecular formula is C11H17NO2. The van der Waals surface area contributed by atoms with Crippen molar-refractivity contribution in [2.24, 2.45) is 5.41 Å². The number of aliphatic hydroxyl groups is 1. The van der Waals surface area contributed by atoms with Crippen LogP contribution in [0.5, 0.6) is 0 Å². The molecule has 0 radical (unpaired) electrons. The Bertz CT molecular complexity index is 293. The molecule has 1 saturated heterocycles. The van der Waals surface area contributed by atoms with Crippen molar-refractivity contribution in [3.8, 4) is 0 Å². The first-order valence-electron chi connectivity index (χ1n) is 5.60. The van der Waals surface area contributed by atoms with Crippen LogP contribution in [-0.2, 0) is 4.79 Å². The van der Waals surface area contributed by atoms with Crippen LogP contribution in [-0.4, -0.2) is 34.1 Å². The Labute approximate surface area is 84.1 Å². The summed E-state index contributed by atoms with van der Waals surface area (Å²) in [6.07, 6.45) is 5.90. The third-order valence-electron chi connectivity index (χ3n) is 4.94. The van der Waals surface area contributed by atoms with Crippen LogP contribution in [0.2, 0.25) is 0 Å². The minimum absolute atomic E-state index is 0.325. The Kier molecular flexibility index (Phi) is 1.45. The van der Waals surface area contributed by atoms with E-state index < -0.39 is 5.60 Å². The Morgan fingerprint density at radius 3 is 2.86 bits per heavy atom. The average Bonchev–Trinajstić information content (AvgIpc) is 2.48. The topological polar surface area (TPSA) is 40.5 Å². The molecule has 0 aromatic rings. The van der Waals surface area contributed by atoms with E-state index in [9.17, 15) is 9.90 Å². The molecule has 3 nitrogen and oxygen atoms in total. The van der Waals surface area contributed by atoms with E-state index in [1.165, 1.54) is 6.42 Å². The fourth-order valence-electron chi connectivity index (χ4n) is 4.00. The molecule has 1 N–H and O–H groups in total. The average molecular weight is 195 g/mol. The third kappa shape index (κ3) is 0.724. The Hall–Kier alpha value is -0.570. The number of nitrogens with zero attached hydrogens (tertiary/aromatic N) is 1. The molecule has 3 heteroatoms. The van der Waals surface area contributed by atoms with E-state index in [1.807, 2.05) is 11.8 Å². The fraction of sp³-hybridized carbons (Fsp3) is 0.909. The first kappa shape index (κ1) is 8.72. The molecular weight excluding hydrogens is 178 g/mol. The lowest BCUT2D eigenvalue weighted by atomic mass is 9.53. The molecule has 0 aromatic carbocycles. The molecule has 1 aliphatic heterocycles. The molecule has 3 aliphatic rings. The van der Waals surface area contributed by atoms with E-state index in [2.05, 4.69) is 0 Å². The van der Waals surface area contributed by atoms with Crippen molar-refractivity contribution in [1.29, 1.82) is 0 Å². The summed E-state index contributed by atoms with van der Waals surface area (Å²) in [7, 11) is 0. The van der Waals surface area contributed by atoms with Gasteiger partial charge in [0, 0.05) is 17.5 Å². The second kappa shape index (κ2) is 2.32. The lowest BCUT2D eigenvalue weighted by Crippen LogP contribution is -2.74. The van der Waals surface area contributed by atoms with E-state index in [0.29, 0.717) is 17.5 Å². The maximum absolute atomic E-state index is 10.9. The smallest absolute Gasteiger partial charge is 0.210 e. The molecule has 2 aliphatic carbocycles. The van der Waals surface area contributed by atoms with Gasteiger partial charge in [-0.2, -0.15) is 0 Å². The highest BCUT2D eigenvalue weighted by Gasteiger charge is 2.71. The van der Waals surface area contributed by atoms with Crippen molar-refractivity contribution in [2.75, 3.05) is 0 Å². The molecule has 2 saturated carbocycles. The number of hydrogen-bond acceptors (Lipinski definition) is 2. The zero-order valence-corrected chi connectivity index (χ0v) is 8.57. The molecule has 4 atom stereocenters. The largest absolute Gasteiger partial charge is 0.390 e. The van der Waals surface area contributed by atoms with Gasteiger partial charge >= 0.3 is 0 Å².